The molecule has 8 heteroatoms. The van der Waals surface area contributed by atoms with Gasteiger partial charge in [-0.15, -0.1) is 0 Å². The number of rotatable bonds is 8. The van der Waals surface area contributed by atoms with E-state index in [0.717, 1.165) is 11.8 Å². The molecule has 29 heavy (non-hydrogen) atoms. The highest BCUT2D eigenvalue weighted by Gasteiger charge is 2.19. The Morgan fingerprint density at radius 3 is 2.69 bits per heavy atom. The first-order chi connectivity index (χ1) is 14.1. The standard InChI is InChI=1S/C21H23N3O4S/c1-3-14(12-25)24-20(27)15-8-4-5-9-16(15)23-21(24)29-13-19(26)22-17-10-6-7-11-18(17)28-2/h4-11,14,25H,3,12-13H2,1-2H3,(H,22,26)/t14-/m1/s1. The van der Waals surface area contributed by atoms with Crippen molar-refractivity contribution in [3.8, 4) is 5.75 Å². The van der Waals surface area contributed by atoms with Crippen LogP contribution in [-0.2, 0) is 4.79 Å². The van der Waals surface area contributed by atoms with E-state index in [-0.39, 0.29) is 23.8 Å². The third kappa shape index (κ3) is 4.60. The first-order valence-electron chi connectivity index (χ1n) is 9.26. The van der Waals surface area contributed by atoms with Crippen molar-refractivity contribution in [3.63, 3.8) is 0 Å². The second kappa shape index (κ2) is 9.58. The summed E-state index contributed by atoms with van der Waals surface area (Å²) in [7, 11) is 1.54. The Kier molecular flexibility index (Phi) is 6.90. The van der Waals surface area contributed by atoms with Crippen LogP contribution in [0.4, 0.5) is 5.69 Å². The van der Waals surface area contributed by atoms with E-state index in [1.807, 2.05) is 19.1 Å². The number of methoxy groups -OCH3 is 1. The highest BCUT2D eigenvalue weighted by Crippen LogP contribution is 2.25. The zero-order valence-electron chi connectivity index (χ0n) is 16.3. The van der Waals surface area contributed by atoms with E-state index in [2.05, 4.69) is 10.3 Å². The molecule has 2 N–H and O–H groups in total. The van der Waals surface area contributed by atoms with Crippen molar-refractivity contribution >= 4 is 34.3 Å². The number of hydrogen-bond donors (Lipinski definition) is 2. The Labute approximate surface area is 172 Å². The fraction of sp³-hybridized carbons (Fsp3) is 0.286. The zero-order chi connectivity index (χ0) is 20.8. The third-order valence-corrected chi connectivity index (χ3v) is 5.49. The number of amides is 1. The molecular weight excluding hydrogens is 390 g/mol. The number of para-hydroxylation sites is 3. The van der Waals surface area contributed by atoms with Gasteiger partial charge in [0.15, 0.2) is 5.16 Å². The lowest BCUT2D eigenvalue weighted by molar-refractivity contribution is -0.113. The molecule has 3 aromatic rings. The van der Waals surface area contributed by atoms with Crippen molar-refractivity contribution in [2.45, 2.75) is 24.5 Å². The monoisotopic (exact) mass is 413 g/mol. The van der Waals surface area contributed by atoms with Crippen LogP contribution in [0.2, 0.25) is 0 Å². The molecule has 0 aliphatic rings. The van der Waals surface area contributed by atoms with Crippen molar-refractivity contribution in [2.24, 2.45) is 0 Å². The molecule has 1 atom stereocenters. The highest BCUT2D eigenvalue weighted by molar-refractivity contribution is 7.99. The third-order valence-electron chi connectivity index (χ3n) is 4.54. The van der Waals surface area contributed by atoms with Gasteiger partial charge in [0.2, 0.25) is 5.91 Å². The van der Waals surface area contributed by atoms with Gasteiger partial charge in [-0.2, -0.15) is 0 Å². The summed E-state index contributed by atoms with van der Waals surface area (Å²) in [4.78, 5) is 30.1. The fourth-order valence-corrected chi connectivity index (χ4v) is 3.87. The minimum atomic E-state index is -0.403. The number of hydrogen-bond acceptors (Lipinski definition) is 6. The van der Waals surface area contributed by atoms with E-state index < -0.39 is 6.04 Å². The molecule has 1 heterocycles. The summed E-state index contributed by atoms with van der Waals surface area (Å²) < 4.78 is 6.73. The second-order valence-corrected chi connectivity index (χ2v) is 7.31. The van der Waals surface area contributed by atoms with E-state index >= 15 is 0 Å². The molecule has 152 valence electrons. The molecule has 3 rings (SSSR count). The minimum Gasteiger partial charge on any atom is -0.495 e. The fourth-order valence-electron chi connectivity index (χ4n) is 3.01. The Morgan fingerprint density at radius 2 is 1.97 bits per heavy atom. The number of aromatic nitrogens is 2. The second-order valence-electron chi connectivity index (χ2n) is 6.37. The molecular formula is C21H23N3O4S. The number of fused-ring (bicyclic) bond motifs is 1. The van der Waals surface area contributed by atoms with Gasteiger partial charge >= 0.3 is 0 Å². The number of aliphatic hydroxyl groups excluding tert-OH is 1. The lowest BCUT2D eigenvalue weighted by Gasteiger charge is -2.20. The molecule has 7 nitrogen and oxygen atoms in total. The average Bonchev–Trinajstić information content (AvgIpc) is 2.75. The highest BCUT2D eigenvalue weighted by atomic mass is 32.2. The van der Waals surface area contributed by atoms with Crippen molar-refractivity contribution in [3.05, 3.63) is 58.9 Å². The van der Waals surface area contributed by atoms with Gasteiger partial charge < -0.3 is 15.2 Å². The lowest BCUT2D eigenvalue weighted by Crippen LogP contribution is -2.29. The molecule has 0 bridgehead atoms. The van der Waals surface area contributed by atoms with Gasteiger partial charge in [-0.05, 0) is 30.7 Å². The van der Waals surface area contributed by atoms with Crippen LogP contribution in [0.5, 0.6) is 5.75 Å². The first kappa shape index (κ1) is 20.9. The number of nitrogens with zero attached hydrogens (tertiary/aromatic N) is 2. The van der Waals surface area contributed by atoms with Gasteiger partial charge in [-0.1, -0.05) is 43.0 Å². The van der Waals surface area contributed by atoms with E-state index in [4.69, 9.17) is 4.74 Å². The zero-order valence-corrected chi connectivity index (χ0v) is 17.1. The summed E-state index contributed by atoms with van der Waals surface area (Å²) in [6, 6.07) is 13.8. The maximum Gasteiger partial charge on any atom is 0.262 e. The number of anilines is 1. The Morgan fingerprint density at radius 1 is 1.24 bits per heavy atom. The van der Waals surface area contributed by atoms with Crippen molar-refractivity contribution in [1.29, 1.82) is 0 Å². The summed E-state index contributed by atoms with van der Waals surface area (Å²) in [6.07, 6.45) is 0.567. The summed E-state index contributed by atoms with van der Waals surface area (Å²) >= 11 is 1.16. The van der Waals surface area contributed by atoms with Crippen LogP contribution in [0.15, 0.2) is 58.5 Å². The molecule has 0 fully saturated rings. The van der Waals surface area contributed by atoms with Crippen LogP contribution in [0, 0.1) is 0 Å². The lowest BCUT2D eigenvalue weighted by atomic mass is 10.2. The Balaban J connectivity index is 1.88. The Bertz CT molecular complexity index is 1060. The smallest absolute Gasteiger partial charge is 0.262 e. The number of aliphatic hydroxyl groups is 1. The quantitative estimate of drug-likeness (QED) is 0.435. The van der Waals surface area contributed by atoms with Crippen molar-refractivity contribution < 1.29 is 14.6 Å². The number of ether oxygens (including phenoxy) is 1. The molecule has 0 spiro atoms. The molecule has 0 radical (unpaired) electrons. The molecule has 0 unspecified atom stereocenters. The Hall–Kier alpha value is -2.84. The molecule has 0 saturated carbocycles. The normalized spacial score (nSPS) is 12.0. The molecule has 1 aromatic heterocycles. The van der Waals surface area contributed by atoms with Gasteiger partial charge in [0.05, 0.1) is 42.1 Å². The minimum absolute atomic E-state index is 0.0602. The topological polar surface area (TPSA) is 93.5 Å². The van der Waals surface area contributed by atoms with E-state index in [9.17, 15) is 14.7 Å². The number of carbonyl (C=O) groups excluding carboxylic acids is 1. The van der Waals surface area contributed by atoms with Gasteiger partial charge in [0, 0.05) is 0 Å². The first-order valence-corrected chi connectivity index (χ1v) is 10.2. The predicted molar refractivity (Wildman–Crippen MR) is 115 cm³/mol. The maximum absolute atomic E-state index is 13.0. The van der Waals surface area contributed by atoms with Gasteiger partial charge in [-0.3, -0.25) is 14.2 Å². The van der Waals surface area contributed by atoms with Crippen molar-refractivity contribution in [2.75, 3.05) is 24.8 Å². The van der Waals surface area contributed by atoms with Gasteiger partial charge in [0.25, 0.3) is 5.56 Å². The largest absolute Gasteiger partial charge is 0.495 e. The predicted octanol–water partition coefficient (Wildman–Crippen LogP) is 3.08. The van der Waals surface area contributed by atoms with Crippen LogP contribution in [0.3, 0.4) is 0 Å². The number of nitrogens with one attached hydrogen (secondary N) is 1. The maximum atomic E-state index is 13.0. The van der Waals surface area contributed by atoms with Crippen LogP contribution in [0.25, 0.3) is 10.9 Å². The summed E-state index contributed by atoms with van der Waals surface area (Å²) in [5.74, 6) is 0.383. The number of thioether (sulfide) groups is 1. The summed E-state index contributed by atoms with van der Waals surface area (Å²) in [5.41, 5.74) is 0.921. The molecule has 0 saturated heterocycles. The van der Waals surface area contributed by atoms with Crippen molar-refractivity contribution in [1.82, 2.24) is 9.55 Å². The van der Waals surface area contributed by atoms with E-state index in [1.165, 1.54) is 11.7 Å². The summed E-state index contributed by atoms with van der Waals surface area (Å²) in [6.45, 7) is 1.71. The van der Waals surface area contributed by atoms with Crippen LogP contribution >= 0.6 is 11.8 Å². The summed E-state index contributed by atoms with van der Waals surface area (Å²) in [5, 5.41) is 13.4. The van der Waals surface area contributed by atoms with Crippen LogP contribution in [0.1, 0.15) is 19.4 Å². The average molecular weight is 413 g/mol. The molecule has 0 aliphatic carbocycles. The van der Waals surface area contributed by atoms with E-state index in [0.29, 0.717) is 33.9 Å². The van der Waals surface area contributed by atoms with Gasteiger partial charge in [0.1, 0.15) is 5.75 Å². The van der Waals surface area contributed by atoms with Crippen LogP contribution < -0.4 is 15.6 Å². The molecule has 2 aromatic carbocycles. The number of benzene rings is 2. The van der Waals surface area contributed by atoms with E-state index in [1.54, 1.807) is 36.4 Å². The SMILES string of the molecule is CC[C@H](CO)n1c(SCC(=O)Nc2ccccc2OC)nc2ccccc2c1=O. The molecule has 0 aliphatic heterocycles. The number of carbonyl (C=O) groups is 1. The van der Waals surface area contributed by atoms with Crippen LogP contribution in [-0.4, -0.2) is 40.0 Å². The van der Waals surface area contributed by atoms with Gasteiger partial charge in [-0.25, -0.2) is 4.98 Å². The molecule has 1 amide bonds.